The lowest BCUT2D eigenvalue weighted by Crippen LogP contribution is -2.71. The number of hydrogen-bond acceptors (Lipinski definition) is 8. The normalized spacial score (nSPS) is 18.1. The van der Waals surface area contributed by atoms with E-state index >= 15 is 0 Å². The van der Waals surface area contributed by atoms with Gasteiger partial charge in [-0.2, -0.15) is 0 Å². The number of rotatable bonds is 9. The Morgan fingerprint density at radius 2 is 1.52 bits per heavy atom. The molecular formula is C30H26N2O6S2. The van der Waals surface area contributed by atoms with Gasteiger partial charge < -0.3 is 14.8 Å². The zero-order chi connectivity index (χ0) is 28.1. The van der Waals surface area contributed by atoms with Gasteiger partial charge in [-0.25, -0.2) is 4.79 Å². The van der Waals surface area contributed by atoms with Crippen molar-refractivity contribution in [3.63, 3.8) is 0 Å². The molecule has 40 heavy (non-hydrogen) atoms. The SMILES string of the molecule is CSC(=O)C1=C(C(=O)OC(c2ccccc2)c2ccccc2)N2C(=O)C(NC(=O)COc3ccccc3)[C@H]2SC1. The van der Waals surface area contributed by atoms with Crippen LogP contribution < -0.4 is 10.1 Å². The molecular weight excluding hydrogens is 548 g/mol. The highest BCUT2D eigenvalue weighted by molar-refractivity contribution is 8.13. The van der Waals surface area contributed by atoms with E-state index in [1.165, 1.54) is 16.7 Å². The van der Waals surface area contributed by atoms with Gasteiger partial charge in [-0.05, 0) is 29.5 Å². The van der Waals surface area contributed by atoms with Crippen LogP contribution in [0.15, 0.2) is 102 Å². The fourth-order valence-corrected chi connectivity index (χ4v) is 6.36. The molecule has 1 unspecified atom stereocenters. The maximum absolute atomic E-state index is 13.8. The van der Waals surface area contributed by atoms with E-state index in [0.717, 1.165) is 22.9 Å². The van der Waals surface area contributed by atoms with Crippen molar-refractivity contribution in [1.29, 1.82) is 0 Å². The lowest BCUT2D eigenvalue weighted by atomic mass is 10.0. The quantitative estimate of drug-likeness (QED) is 0.303. The minimum Gasteiger partial charge on any atom is -0.484 e. The molecule has 0 spiro atoms. The van der Waals surface area contributed by atoms with Crippen LogP contribution in [0.25, 0.3) is 0 Å². The number of amides is 2. The number of para-hydroxylation sites is 1. The second-order valence-corrected chi connectivity index (χ2v) is 10.9. The third kappa shape index (κ3) is 5.78. The van der Waals surface area contributed by atoms with Gasteiger partial charge in [0.05, 0.1) is 0 Å². The van der Waals surface area contributed by atoms with E-state index in [-0.39, 0.29) is 28.7 Å². The topological polar surface area (TPSA) is 102 Å². The molecule has 0 bridgehead atoms. The molecule has 2 aliphatic heterocycles. The molecule has 2 atom stereocenters. The molecule has 2 heterocycles. The Bertz CT molecular complexity index is 1390. The summed E-state index contributed by atoms with van der Waals surface area (Å²) in [5.74, 6) is -0.988. The zero-order valence-corrected chi connectivity index (χ0v) is 23.2. The van der Waals surface area contributed by atoms with Gasteiger partial charge in [0.1, 0.15) is 22.9 Å². The van der Waals surface area contributed by atoms with Crippen molar-refractivity contribution in [2.45, 2.75) is 17.5 Å². The first-order valence-electron chi connectivity index (χ1n) is 12.5. The summed E-state index contributed by atoms with van der Waals surface area (Å²) < 4.78 is 11.5. The minimum atomic E-state index is -0.857. The average molecular weight is 575 g/mol. The Balaban J connectivity index is 1.36. The predicted octanol–water partition coefficient (Wildman–Crippen LogP) is 3.94. The first-order chi connectivity index (χ1) is 19.5. The van der Waals surface area contributed by atoms with Gasteiger partial charge in [-0.3, -0.25) is 19.3 Å². The predicted molar refractivity (Wildman–Crippen MR) is 153 cm³/mol. The summed E-state index contributed by atoms with van der Waals surface area (Å²) in [6.45, 7) is -0.262. The second kappa shape index (κ2) is 12.4. The highest BCUT2D eigenvalue weighted by Crippen LogP contribution is 2.42. The Morgan fingerprint density at radius 1 is 0.950 bits per heavy atom. The number of fused-ring (bicyclic) bond motifs is 1. The van der Waals surface area contributed by atoms with Crippen LogP contribution in [0.4, 0.5) is 0 Å². The van der Waals surface area contributed by atoms with E-state index < -0.39 is 35.3 Å². The standard InChI is InChI=1S/C30H26N2O6S2/c1-39-30(36)22-18-40-28-24(31-23(33)17-37-21-15-9-4-10-16-21)27(34)32(28)25(22)29(35)38-26(19-11-5-2-6-12-19)20-13-7-3-8-14-20/h2-16,24,26,28H,17-18H2,1H3,(H,31,33)/t24?,28-/m1/s1. The minimum absolute atomic E-state index is 0.0732. The third-order valence-electron chi connectivity index (χ3n) is 6.45. The van der Waals surface area contributed by atoms with Gasteiger partial charge in [-0.15, -0.1) is 11.8 Å². The number of carbonyl (C=O) groups excluding carboxylic acids is 4. The zero-order valence-electron chi connectivity index (χ0n) is 21.5. The largest absolute Gasteiger partial charge is 0.484 e. The number of hydrogen-bond donors (Lipinski definition) is 1. The van der Waals surface area contributed by atoms with Gasteiger partial charge in [0, 0.05) is 11.3 Å². The van der Waals surface area contributed by atoms with Crippen LogP contribution in [0.3, 0.4) is 0 Å². The Kier molecular flexibility index (Phi) is 8.57. The van der Waals surface area contributed by atoms with Gasteiger partial charge in [-0.1, -0.05) is 90.6 Å². The monoisotopic (exact) mass is 574 g/mol. The molecule has 1 fully saturated rings. The highest BCUT2D eigenvalue weighted by atomic mass is 32.2. The molecule has 1 saturated heterocycles. The summed E-state index contributed by atoms with van der Waals surface area (Å²) >= 11 is 2.28. The number of β-lactam (4-membered cyclic amide) rings is 1. The lowest BCUT2D eigenvalue weighted by Gasteiger charge is -2.49. The second-order valence-electron chi connectivity index (χ2n) is 8.98. The van der Waals surface area contributed by atoms with Crippen molar-refractivity contribution in [2.24, 2.45) is 0 Å². The molecule has 2 aliphatic rings. The summed E-state index contributed by atoms with van der Waals surface area (Å²) in [6, 6.07) is 26.6. The van der Waals surface area contributed by atoms with Crippen LogP contribution in [0.2, 0.25) is 0 Å². The molecule has 3 aromatic rings. The molecule has 8 nitrogen and oxygen atoms in total. The maximum Gasteiger partial charge on any atom is 0.356 e. The van der Waals surface area contributed by atoms with Crippen molar-refractivity contribution in [3.8, 4) is 5.75 Å². The van der Waals surface area contributed by atoms with Gasteiger partial charge >= 0.3 is 5.97 Å². The molecule has 2 amide bonds. The Morgan fingerprint density at radius 3 is 2.10 bits per heavy atom. The fraction of sp³-hybridized carbons (Fsp3) is 0.200. The first kappa shape index (κ1) is 27.5. The van der Waals surface area contributed by atoms with Gasteiger partial charge in [0.15, 0.2) is 12.7 Å². The molecule has 204 valence electrons. The van der Waals surface area contributed by atoms with E-state index in [2.05, 4.69) is 5.32 Å². The van der Waals surface area contributed by atoms with E-state index in [1.54, 1.807) is 30.5 Å². The van der Waals surface area contributed by atoms with Crippen molar-refractivity contribution in [3.05, 3.63) is 113 Å². The number of benzene rings is 3. The molecule has 10 heteroatoms. The van der Waals surface area contributed by atoms with Crippen molar-refractivity contribution in [1.82, 2.24) is 10.2 Å². The molecule has 0 aromatic heterocycles. The number of nitrogens with zero attached hydrogens (tertiary/aromatic N) is 1. The lowest BCUT2D eigenvalue weighted by molar-refractivity contribution is -0.155. The number of ether oxygens (including phenoxy) is 2. The Hall–Kier alpha value is -4.02. The van der Waals surface area contributed by atoms with Crippen LogP contribution in [0, 0.1) is 0 Å². The smallest absolute Gasteiger partial charge is 0.356 e. The molecule has 5 rings (SSSR count). The van der Waals surface area contributed by atoms with Crippen LogP contribution in [0.1, 0.15) is 17.2 Å². The fourth-order valence-electron chi connectivity index (χ4n) is 4.52. The van der Waals surface area contributed by atoms with Crippen molar-refractivity contribution >= 4 is 46.4 Å². The van der Waals surface area contributed by atoms with E-state index in [1.807, 2.05) is 66.7 Å². The summed E-state index contributed by atoms with van der Waals surface area (Å²) in [5.41, 5.74) is 1.64. The molecule has 1 N–H and O–H groups in total. The first-order valence-corrected chi connectivity index (χ1v) is 14.8. The summed E-state index contributed by atoms with van der Waals surface area (Å²) in [4.78, 5) is 53.7. The number of nitrogens with one attached hydrogen (secondary N) is 1. The summed E-state index contributed by atoms with van der Waals surface area (Å²) in [6.07, 6.45) is 0.877. The van der Waals surface area contributed by atoms with Crippen molar-refractivity contribution < 1.29 is 28.7 Å². The highest BCUT2D eigenvalue weighted by Gasteiger charge is 2.55. The van der Waals surface area contributed by atoms with Gasteiger partial charge in [0.2, 0.25) is 5.12 Å². The third-order valence-corrected chi connectivity index (χ3v) is 8.35. The van der Waals surface area contributed by atoms with Crippen LogP contribution in [-0.2, 0) is 23.9 Å². The summed E-state index contributed by atoms with van der Waals surface area (Å²) in [7, 11) is 0. The van der Waals surface area contributed by atoms with Crippen molar-refractivity contribution in [2.75, 3.05) is 18.6 Å². The van der Waals surface area contributed by atoms with E-state index in [0.29, 0.717) is 5.75 Å². The molecule has 3 aromatic carbocycles. The summed E-state index contributed by atoms with van der Waals surface area (Å²) in [5, 5.41) is 1.84. The number of carbonyl (C=O) groups is 4. The molecule has 0 saturated carbocycles. The number of esters is 1. The Labute approximate surface area is 240 Å². The van der Waals surface area contributed by atoms with Crippen LogP contribution in [-0.4, -0.2) is 57.8 Å². The van der Waals surface area contributed by atoms with E-state index in [9.17, 15) is 19.2 Å². The average Bonchev–Trinajstić information content (AvgIpc) is 3.01. The maximum atomic E-state index is 13.8. The van der Waals surface area contributed by atoms with Crippen LogP contribution in [0.5, 0.6) is 5.75 Å². The van der Waals surface area contributed by atoms with Gasteiger partial charge in [0.25, 0.3) is 11.8 Å². The molecule has 0 aliphatic carbocycles. The number of thioether (sulfide) groups is 2. The van der Waals surface area contributed by atoms with Crippen LogP contribution >= 0.6 is 23.5 Å². The van der Waals surface area contributed by atoms with E-state index in [4.69, 9.17) is 9.47 Å². The molecule has 0 radical (unpaired) electrons.